The fraction of sp³-hybridized carbons (Fsp3) is 0.211. The number of nitrogens with zero attached hydrogens (tertiary/aromatic N) is 2. The third kappa shape index (κ3) is 4.83. The monoisotopic (exact) mass is 352 g/mol. The maximum atomic E-state index is 12.1. The minimum atomic E-state index is -0.247. The average Bonchev–Trinajstić information content (AvgIpc) is 3.21. The first-order chi connectivity index (χ1) is 12.7. The first-order valence-corrected chi connectivity index (χ1v) is 8.24. The Morgan fingerprint density at radius 2 is 2.00 bits per heavy atom. The van der Waals surface area contributed by atoms with Gasteiger partial charge in [0.2, 0.25) is 0 Å². The number of carbonyl (C=O) groups is 1. The molecule has 2 aromatic heterocycles. The molecule has 2 heterocycles. The van der Waals surface area contributed by atoms with Crippen molar-refractivity contribution in [2.45, 2.75) is 13.0 Å². The summed E-state index contributed by atoms with van der Waals surface area (Å²) in [5.41, 5.74) is 1.40. The molecule has 0 radical (unpaired) electrons. The lowest BCUT2D eigenvalue weighted by Gasteiger charge is -2.07. The lowest BCUT2D eigenvalue weighted by Crippen LogP contribution is -2.26. The molecule has 0 saturated carbocycles. The van der Waals surface area contributed by atoms with Gasteiger partial charge in [-0.15, -0.1) is 0 Å². The van der Waals surface area contributed by atoms with Crippen LogP contribution in [0.1, 0.15) is 21.8 Å². The topological polar surface area (TPSA) is 89.3 Å². The van der Waals surface area contributed by atoms with Crippen LogP contribution in [0.4, 0.5) is 5.82 Å². The van der Waals surface area contributed by atoms with E-state index >= 15 is 0 Å². The van der Waals surface area contributed by atoms with E-state index in [9.17, 15) is 4.79 Å². The summed E-state index contributed by atoms with van der Waals surface area (Å²) < 4.78 is 10.4. The van der Waals surface area contributed by atoms with Crippen LogP contribution in [0, 0.1) is 0 Å². The van der Waals surface area contributed by atoms with Gasteiger partial charge in [-0.1, -0.05) is 12.1 Å². The van der Waals surface area contributed by atoms with Crippen molar-refractivity contribution in [1.82, 2.24) is 15.3 Å². The Kier molecular flexibility index (Phi) is 5.82. The van der Waals surface area contributed by atoms with Crippen molar-refractivity contribution in [2.75, 3.05) is 19.0 Å². The van der Waals surface area contributed by atoms with Gasteiger partial charge >= 0.3 is 0 Å². The lowest BCUT2D eigenvalue weighted by molar-refractivity contribution is 0.0949. The maximum absolute atomic E-state index is 12.1. The largest absolute Gasteiger partial charge is 0.497 e. The highest BCUT2D eigenvalue weighted by Crippen LogP contribution is 2.11. The van der Waals surface area contributed by atoms with Crippen molar-refractivity contribution in [3.8, 4) is 5.75 Å². The molecule has 1 aromatic carbocycles. The fourth-order valence-corrected chi connectivity index (χ4v) is 2.33. The number of hydrogen-bond donors (Lipinski definition) is 2. The van der Waals surface area contributed by atoms with E-state index in [1.165, 1.54) is 12.4 Å². The summed E-state index contributed by atoms with van der Waals surface area (Å²) in [6, 6.07) is 11.4. The molecule has 3 rings (SSSR count). The first kappa shape index (κ1) is 17.5. The Hall–Kier alpha value is -3.35. The number of benzene rings is 1. The van der Waals surface area contributed by atoms with E-state index in [0.717, 1.165) is 23.5 Å². The van der Waals surface area contributed by atoms with Crippen molar-refractivity contribution < 1.29 is 13.9 Å². The van der Waals surface area contributed by atoms with Gasteiger partial charge in [0, 0.05) is 6.54 Å². The zero-order valence-corrected chi connectivity index (χ0v) is 14.4. The number of aromatic nitrogens is 2. The number of anilines is 1. The highest BCUT2D eigenvalue weighted by atomic mass is 16.5. The minimum Gasteiger partial charge on any atom is -0.497 e. The van der Waals surface area contributed by atoms with Gasteiger partial charge in [-0.25, -0.2) is 9.97 Å². The zero-order valence-electron chi connectivity index (χ0n) is 14.4. The predicted octanol–water partition coefficient (Wildman–Crippen LogP) is 2.66. The zero-order chi connectivity index (χ0) is 18.2. The van der Waals surface area contributed by atoms with Gasteiger partial charge in [-0.3, -0.25) is 4.79 Å². The molecule has 0 bridgehead atoms. The molecule has 26 heavy (non-hydrogen) atoms. The molecule has 2 N–H and O–H groups in total. The van der Waals surface area contributed by atoms with Crippen molar-refractivity contribution in [3.05, 3.63) is 72.1 Å². The Morgan fingerprint density at radius 1 is 1.15 bits per heavy atom. The maximum Gasteiger partial charge on any atom is 0.271 e. The van der Waals surface area contributed by atoms with Crippen LogP contribution in [0.5, 0.6) is 5.75 Å². The molecule has 0 atom stereocenters. The van der Waals surface area contributed by atoms with Crippen LogP contribution in [0.15, 0.2) is 59.5 Å². The van der Waals surface area contributed by atoms with Gasteiger partial charge in [-0.05, 0) is 36.2 Å². The smallest absolute Gasteiger partial charge is 0.271 e. The molecule has 3 aromatic rings. The Bertz CT molecular complexity index is 815. The molecule has 0 aliphatic heterocycles. The molecule has 1 amide bonds. The number of carbonyl (C=O) groups excluding carboxylic acids is 1. The second-order valence-electron chi connectivity index (χ2n) is 5.57. The molecule has 0 aliphatic rings. The number of ether oxygens (including phenoxy) is 1. The van der Waals surface area contributed by atoms with Gasteiger partial charge in [0.05, 0.1) is 32.3 Å². The average molecular weight is 352 g/mol. The standard InChI is InChI=1S/C19H20N4O3/c1-25-15-6-4-14(5-7-15)8-9-20-19(24)17-12-23-18(13-21-17)22-11-16-3-2-10-26-16/h2-7,10,12-13H,8-9,11H2,1H3,(H,20,24)(H,22,23). The second kappa shape index (κ2) is 8.66. The molecule has 0 saturated heterocycles. The third-order valence-corrected chi connectivity index (χ3v) is 3.77. The highest BCUT2D eigenvalue weighted by Gasteiger charge is 2.08. The van der Waals surface area contributed by atoms with Crippen LogP contribution in [0.2, 0.25) is 0 Å². The molecule has 0 aliphatic carbocycles. The molecular formula is C19H20N4O3. The summed E-state index contributed by atoms with van der Waals surface area (Å²) in [7, 11) is 1.63. The number of rotatable bonds is 8. The number of furan rings is 1. The minimum absolute atomic E-state index is 0.247. The third-order valence-electron chi connectivity index (χ3n) is 3.77. The first-order valence-electron chi connectivity index (χ1n) is 8.24. The van der Waals surface area contributed by atoms with E-state index in [1.807, 2.05) is 36.4 Å². The summed E-state index contributed by atoms with van der Waals surface area (Å²) in [6.45, 7) is 1.03. The van der Waals surface area contributed by atoms with E-state index in [2.05, 4.69) is 20.6 Å². The Morgan fingerprint density at radius 3 is 2.65 bits per heavy atom. The van der Waals surface area contributed by atoms with Crippen molar-refractivity contribution >= 4 is 11.7 Å². The molecule has 0 unspecified atom stereocenters. The van der Waals surface area contributed by atoms with Crippen LogP contribution in [0.25, 0.3) is 0 Å². The van der Waals surface area contributed by atoms with Gasteiger partial charge in [0.25, 0.3) is 5.91 Å². The summed E-state index contributed by atoms with van der Waals surface area (Å²) in [6.07, 6.45) is 5.32. The number of methoxy groups -OCH3 is 1. The van der Waals surface area contributed by atoms with Crippen LogP contribution >= 0.6 is 0 Å². The van der Waals surface area contributed by atoms with Gasteiger partial charge in [-0.2, -0.15) is 0 Å². The second-order valence-corrected chi connectivity index (χ2v) is 5.57. The van der Waals surface area contributed by atoms with Crippen molar-refractivity contribution in [1.29, 1.82) is 0 Å². The van der Waals surface area contributed by atoms with Crippen LogP contribution < -0.4 is 15.4 Å². The lowest BCUT2D eigenvalue weighted by atomic mass is 10.1. The van der Waals surface area contributed by atoms with Crippen LogP contribution in [-0.4, -0.2) is 29.5 Å². The SMILES string of the molecule is COc1ccc(CCNC(=O)c2cnc(NCc3ccco3)cn2)cc1. The number of amides is 1. The number of hydrogen-bond acceptors (Lipinski definition) is 6. The van der Waals surface area contributed by atoms with E-state index in [0.29, 0.717) is 18.9 Å². The normalized spacial score (nSPS) is 10.3. The molecule has 134 valence electrons. The Labute approximate surface area is 151 Å². The number of nitrogens with one attached hydrogen (secondary N) is 2. The van der Waals surface area contributed by atoms with Gasteiger partial charge in [0.15, 0.2) is 0 Å². The predicted molar refractivity (Wildman–Crippen MR) is 97.1 cm³/mol. The van der Waals surface area contributed by atoms with Gasteiger partial charge < -0.3 is 19.8 Å². The highest BCUT2D eigenvalue weighted by molar-refractivity contribution is 5.91. The summed E-state index contributed by atoms with van der Waals surface area (Å²) >= 11 is 0. The van der Waals surface area contributed by atoms with Gasteiger partial charge in [0.1, 0.15) is 23.0 Å². The Balaban J connectivity index is 1.45. The quantitative estimate of drug-likeness (QED) is 0.648. The van der Waals surface area contributed by atoms with Crippen molar-refractivity contribution in [3.63, 3.8) is 0 Å². The summed E-state index contributed by atoms with van der Waals surface area (Å²) in [4.78, 5) is 20.5. The molecule has 0 fully saturated rings. The van der Waals surface area contributed by atoms with Crippen LogP contribution in [-0.2, 0) is 13.0 Å². The summed E-state index contributed by atoms with van der Waals surface area (Å²) in [5, 5.41) is 5.92. The summed E-state index contributed by atoms with van der Waals surface area (Å²) in [5.74, 6) is 1.95. The molecule has 7 nitrogen and oxygen atoms in total. The van der Waals surface area contributed by atoms with E-state index in [4.69, 9.17) is 9.15 Å². The fourth-order valence-electron chi connectivity index (χ4n) is 2.33. The molecule has 0 spiro atoms. The molecular weight excluding hydrogens is 332 g/mol. The van der Waals surface area contributed by atoms with E-state index in [-0.39, 0.29) is 11.6 Å². The van der Waals surface area contributed by atoms with Crippen molar-refractivity contribution in [2.24, 2.45) is 0 Å². The van der Waals surface area contributed by atoms with E-state index in [1.54, 1.807) is 13.4 Å². The van der Waals surface area contributed by atoms with E-state index < -0.39 is 0 Å². The van der Waals surface area contributed by atoms with Crippen LogP contribution in [0.3, 0.4) is 0 Å². The molecule has 7 heteroatoms.